The number of nitrogens with zero attached hydrogens (tertiary/aromatic N) is 1. The third-order valence-electron chi connectivity index (χ3n) is 1.70. The van der Waals surface area contributed by atoms with Crippen molar-refractivity contribution in [3.05, 3.63) is 27.5 Å². The molecular formula is C11H12Cl2N2O4. The van der Waals surface area contributed by atoms with Crippen molar-refractivity contribution in [1.82, 2.24) is 4.98 Å². The second-order valence-corrected chi connectivity index (χ2v) is 4.31. The molecule has 1 heterocycles. The molecule has 0 aromatic carbocycles. The van der Waals surface area contributed by atoms with Crippen LogP contribution in [-0.4, -0.2) is 27.8 Å². The number of pyridine rings is 1. The fourth-order valence-electron chi connectivity index (χ4n) is 1.03. The summed E-state index contributed by atoms with van der Waals surface area (Å²) in [7, 11) is 0. The van der Waals surface area contributed by atoms with E-state index in [1.54, 1.807) is 6.92 Å². The zero-order valence-electron chi connectivity index (χ0n) is 10.2. The van der Waals surface area contributed by atoms with Gasteiger partial charge in [-0.25, -0.2) is 4.98 Å². The maximum atomic E-state index is 10.8. The van der Waals surface area contributed by atoms with Crippen LogP contribution in [0, 0.1) is 6.92 Å². The molecule has 0 atom stereocenters. The molecule has 3 N–H and O–H groups in total. The zero-order valence-corrected chi connectivity index (χ0v) is 11.7. The summed E-state index contributed by atoms with van der Waals surface area (Å²) in [4.78, 5) is 34.1. The summed E-state index contributed by atoms with van der Waals surface area (Å²) >= 11 is 11.3. The number of Topliss-reactive ketones (excluding diaryl/α,β-unsaturated/α-hetero) is 1. The highest BCUT2D eigenvalue weighted by Gasteiger charge is 2.12. The smallest absolute Gasteiger partial charge is 0.310 e. The molecule has 104 valence electrons. The second-order valence-electron chi connectivity index (χ2n) is 3.55. The van der Waals surface area contributed by atoms with Gasteiger partial charge in [0.15, 0.2) is 0 Å². The van der Waals surface area contributed by atoms with Crippen LogP contribution in [-0.2, 0) is 9.59 Å². The Hall–Kier alpha value is -1.66. The van der Waals surface area contributed by atoms with Crippen molar-refractivity contribution in [3.8, 4) is 0 Å². The van der Waals surface area contributed by atoms with E-state index in [1.165, 1.54) is 13.0 Å². The van der Waals surface area contributed by atoms with E-state index >= 15 is 0 Å². The number of hydrogen-bond donors (Lipinski definition) is 2. The van der Waals surface area contributed by atoms with Gasteiger partial charge in [-0.15, -0.1) is 0 Å². The van der Waals surface area contributed by atoms with Gasteiger partial charge in [0.1, 0.15) is 17.4 Å². The first-order valence-electron chi connectivity index (χ1n) is 4.98. The number of hydrogen-bond acceptors (Lipinski definition) is 4. The fraction of sp³-hybridized carbons (Fsp3) is 0.273. The molecule has 1 aromatic rings. The van der Waals surface area contributed by atoms with E-state index in [9.17, 15) is 14.4 Å². The van der Waals surface area contributed by atoms with Crippen molar-refractivity contribution >= 4 is 40.9 Å². The summed E-state index contributed by atoms with van der Waals surface area (Å²) in [6.07, 6.45) is -0.361. The highest BCUT2D eigenvalue weighted by Crippen LogP contribution is 2.22. The molecule has 6 nitrogen and oxygen atoms in total. The van der Waals surface area contributed by atoms with E-state index in [4.69, 9.17) is 34.0 Å². The van der Waals surface area contributed by atoms with E-state index in [1.807, 2.05) is 0 Å². The molecule has 0 unspecified atom stereocenters. The van der Waals surface area contributed by atoms with Crippen LogP contribution in [0.1, 0.15) is 29.4 Å². The Labute approximate surface area is 119 Å². The van der Waals surface area contributed by atoms with Gasteiger partial charge in [-0.2, -0.15) is 0 Å². The lowest BCUT2D eigenvalue weighted by atomic mass is 10.2. The van der Waals surface area contributed by atoms with E-state index in [-0.39, 0.29) is 27.9 Å². The highest BCUT2D eigenvalue weighted by molar-refractivity contribution is 6.38. The third kappa shape index (κ3) is 6.73. The summed E-state index contributed by atoms with van der Waals surface area (Å²) in [5.74, 6) is -2.04. The Bertz CT molecular complexity index is 482. The Morgan fingerprint density at radius 1 is 1.37 bits per heavy atom. The number of ketones is 1. The molecule has 0 saturated carbocycles. The van der Waals surface area contributed by atoms with Crippen LogP contribution >= 0.6 is 23.2 Å². The lowest BCUT2D eigenvalue weighted by Gasteiger charge is -2.02. The van der Waals surface area contributed by atoms with Gasteiger partial charge in [-0.1, -0.05) is 23.2 Å². The van der Waals surface area contributed by atoms with Gasteiger partial charge < -0.3 is 10.8 Å². The predicted molar refractivity (Wildman–Crippen MR) is 70.4 cm³/mol. The maximum Gasteiger partial charge on any atom is 0.310 e. The number of aliphatic carboxylic acids is 1. The van der Waals surface area contributed by atoms with Crippen molar-refractivity contribution in [2.75, 3.05) is 0 Å². The number of carboxylic acids is 1. The van der Waals surface area contributed by atoms with Crippen molar-refractivity contribution in [2.45, 2.75) is 20.3 Å². The lowest BCUT2D eigenvalue weighted by molar-refractivity contribution is -0.139. The van der Waals surface area contributed by atoms with Crippen molar-refractivity contribution in [3.63, 3.8) is 0 Å². The third-order valence-corrected chi connectivity index (χ3v) is 2.27. The minimum Gasteiger partial charge on any atom is -0.481 e. The number of carbonyl (C=O) groups excluding carboxylic acids is 2. The van der Waals surface area contributed by atoms with E-state index < -0.39 is 11.9 Å². The van der Waals surface area contributed by atoms with Gasteiger partial charge in [0.25, 0.3) is 5.91 Å². The van der Waals surface area contributed by atoms with Crippen LogP contribution in [0.15, 0.2) is 6.07 Å². The molecule has 1 amide bonds. The van der Waals surface area contributed by atoms with Gasteiger partial charge in [-0.3, -0.25) is 14.4 Å². The van der Waals surface area contributed by atoms with Crippen LogP contribution in [0.4, 0.5) is 0 Å². The van der Waals surface area contributed by atoms with Crippen molar-refractivity contribution in [2.24, 2.45) is 5.73 Å². The first-order chi connectivity index (χ1) is 8.65. The molecule has 0 saturated heterocycles. The van der Waals surface area contributed by atoms with Crippen molar-refractivity contribution < 1.29 is 19.5 Å². The quantitative estimate of drug-likeness (QED) is 0.654. The summed E-state index contributed by atoms with van der Waals surface area (Å²) in [5, 5.41) is 8.15. The number of carboxylic acid groups (broad SMARTS) is 1. The SMILES string of the molecule is CC(=O)CC(=O)O.Cc1cc(Cl)c(C(N)=O)c(Cl)n1. The van der Waals surface area contributed by atoms with Gasteiger partial charge in [0, 0.05) is 5.69 Å². The number of carbonyl (C=O) groups is 3. The highest BCUT2D eigenvalue weighted by atomic mass is 35.5. The Balaban J connectivity index is 0.000000399. The van der Waals surface area contributed by atoms with Crippen LogP contribution in [0.3, 0.4) is 0 Å². The summed E-state index contributed by atoms with van der Waals surface area (Å²) < 4.78 is 0. The Kier molecular flexibility index (Phi) is 7.03. The number of aromatic nitrogens is 1. The minimum absolute atomic E-state index is 0.0486. The number of halogens is 2. The average Bonchev–Trinajstić information content (AvgIpc) is 2.12. The summed E-state index contributed by atoms with van der Waals surface area (Å²) in [6.45, 7) is 2.97. The maximum absolute atomic E-state index is 10.8. The molecule has 8 heteroatoms. The Morgan fingerprint density at radius 2 is 1.89 bits per heavy atom. The summed E-state index contributed by atoms with van der Waals surface area (Å²) in [6, 6.07) is 1.54. The van der Waals surface area contributed by atoms with E-state index in [2.05, 4.69) is 4.98 Å². The molecule has 1 rings (SSSR count). The molecule has 19 heavy (non-hydrogen) atoms. The molecule has 0 radical (unpaired) electrons. The first kappa shape index (κ1) is 17.3. The number of nitrogens with two attached hydrogens (primary N) is 1. The average molecular weight is 307 g/mol. The lowest BCUT2D eigenvalue weighted by Crippen LogP contribution is -2.13. The van der Waals surface area contributed by atoms with Crippen LogP contribution in [0.5, 0.6) is 0 Å². The Morgan fingerprint density at radius 3 is 2.16 bits per heavy atom. The monoisotopic (exact) mass is 306 g/mol. The second kappa shape index (κ2) is 7.70. The topological polar surface area (TPSA) is 110 Å². The van der Waals surface area contributed by atoms with Gasteiger partial charge >= 0.3 is 5.97 Å². The molecule has 0 aliphatic carbocycles. The molecule has 0 fully saturated rings. The van der Waals surface area contributed by atoms with Crippen LogP contribution in [0.25, 0.3) is 0 Å². The largest absolute Gasteiger partial charge is 0.481 e. The molecular weight excluding hydrogens is 295 g/mol. The zero-order chi connectivity index (χ0) is 15.2. The number of aryl methyl sites for hydroxylation is 1. The van der Waals surface area contributed by atoms with Crippen molar-refractivity contribution in [1.29, 1.82) is 0 Å². The predicted octanol–water partition coefficient (Wildman–Crippen LogP) is 1.85. The summed E-state index contributed by atoms with van der Waals surface area (Å²) in [5.41, 5.74) is 5.74. The minimum atomic E-state index is -1.06. The molecule has 0 aliphatic rings. The number of amides is 1. The normalized spacial score (nSPS) is 9.26. The number of rotatable bonds is 3. The van der Waals surface area contributed by atoms with Crippen LogP contribution in [0.2, 0.25) is 10.2 Å². The molecule has 1 aromatic heterocycles. The van der Waals surface area contributed by atoms with Gasteiger partial charge in [0.2, 0.25) is 0 Å². The molecule has 0 spiro atoms. The van der Waals surface area contributed by atoms with Gasteiger partial charge in [-0.05, 0) is 19.9 Å². The van der Waals surface area contributed by atoms with Gasteiger partial charge in [0.05, 0.1) is 10.6 Å². The molecule has 0 aliphatic heterocycles. The van der Waals surface area contributed by atoms with Crippen LogP contribution < -0.4 is 5.73 Å². The fourth-order valence-corrected chi connectivity index (χ4v) is 1.75. The van der Waals surface area contributed by atoms with E-state index in [0.717, 1.165) is 0 Å². The number of primary amides is 1. The van der Waals surface area contributed by atoms with E-state index in [0.29, 0.717) is 5.69 Å². The first-order valence-corrected chi connectivity index (χ1v) is 5.74. The molecule has 0 bridgehead atoms. The standard InChI is InChI=1S/C7H6Cl2N2O.C4H6O3/c1-3-2-4(8)5(7(10)12)6(9)11-3;1-3(5)2-4(6)7/h2H,1H3,(H2,10,12);2H2,1H3,(H,6,7).